The quantitative estimate of drug-likeness (QED) is 0.257. The number of nitrogens with one attached hydrogen (secondary N) is 1. The molecule has 1 aliphatic rings. The van der Waals surface area contributed by atoms with E-state index in [9.17, 15) is 18.0 Å². The second-order valence-corrected chi connectivity index (χ2v) is 12.4. The van der Waals surface area contributed by atoms with E-state index in [1.807, 2.05) is 30.3 Å². The van der Waals surface area contributed by atoms with Crippen molar-refractivity contribution in [2.45, 2.75) is 23.9 Å². The molecule has 1 aliphatic heterocycles. The van der Waals surface area contributed by atoms with Gasteiger partial charge < -0.3 is 19.7 Å². The second-order valence-electron chi connectivity index (χ2n) is 10.1. The lowest BCUT2D eigenvalue weighted by Crippen LogP contribution is -2.53. The Labute approximate surface area is 262 Å². The zero-order valence-electron chi connectivity index (χ0n) is 24.1. The number of carbonyl (C=O) groups is 2. The van der Waals surface area contributed by atoms with Gasteiger partial charge in [0.15, 0.2) is 11.5 Å². The molecule has 0 fully saturated rings. The highest BCUT2D eigenvalue weighted by atomic mass is 35.5. The fraction of sp³-hybridized carbons (Fsp3) is 0.212. The topological polar surface area (TPSA) is 105 Å². The molecule has 11 heteroatoms. The van der Waals surface area contributed by atoms with E-state index in [1.165, 1.54) is 24.1 Å². The molecule has 4 aromatic carbocycles. The van der Waals surface area contributed by atoms with Gasteiger partial charge in [0.25, 0.3) is 10.0 Å². The van der Waals surface area contributed by atoms with Gasteiger partial charge in [0.2, 0.25) is 11.8 Å². The van der Waals surface area contributed by atoms with E-state index in [1.54, 1.807) is 60.7 Å². The Hall–Kier alpha value is -4.54. The summed E-state index contributed by atoms with van der Waals surface area (Å²) < 4.78 is 40.6. The van der Waals surface area contributed by atoms with Crippen molar-refractivity contribution in [3.63, 3.8) is 0 Å². The van der Waals surface area contributed by atoms with Gasteiger partial charge in [0.05, 0.1) is 10.6 Å². The maximum atomic E-state index is 14.4. The van der Waals surface area contributed by atoms with Crippen molar-refractivity contribution in [3.05, 3.63) is 119 Å². The fourth-order valence-corrected chi connectivity index (χ4v) is 6.59. The molecule has 0 radical (unpaired) electrons. The highest BCUT2D eigenvalue weighted by Crippen LogP contribution is 2.36. The van der Waals surface area contributed by atoms with Crippen LogP contribution >= 0.6 is 11.6 Å². The van der Waals surface area contributed by atoms with Crippen LogP contribution in [-0.2, 0) is 32.6 Å². The Kier molecular flexibility index (Phi) is 9.72. The molecule has 9 nitrogen and oxygen atoms in total. The molecule has 44 heavy (non-hydrogen) atoms. The van der Waals surface area contributed by atoms with Crippen LogP contribution in [0.15, 0.2) is 108 Å². The molecule has 4 aromatic rings. The van der Waals surface area contributed by atoms with Crippen LogP contribution in [0.5, 0.6) is 11.5 Å². The van der Waals surface area contributed by atoms with Crippen molar-refractivity contribution in [1.82, 2.24) is 10.2 Å². The third kappa shape index (κ3) is 6.98. The Morgan fingerprint density at radius 2 is 1.50 bits per heavy atom. The lowest BCUT2D eigenvalue weighted by atomic mass is 10.0. The molecule has 1 heterocycles. The molecule has 0 spiro atoms. The third-order valence-corrected chi connectivity index (χ3v) is 9.40. The minimum absolute atomic E-state index is 0.00693. The standard InChI is InChI=1S/C33H32ClN3O6S/c1-35-33(39)29(20-24-10-4-2-5-11-24)36(22-25-12-8-9-15-28(25)34)32(38)23-37(44(40,41)27-13-6-3-7-14-27)26-16-17-30-31(21-26)43-19-18-42-30/h2-17,21,29H,18-20,22-23H2,1H3,(H,35,39)/t29-/m0/s1. The molecule has 0 unspecified atom stereocenters. The normalized spacial score (nSPS) is 13.0. The summed E-state index contributed by atoms with van der Waals surface area (Å²) in [7, 11) is -2.74. The summed E-state index contributed by atoms with van der Waals surface area (Å²) in [4.78, 5) is 29.2. The third-order valence-electron chi connectivity index (χ3n) is 7.24. The van der Waals surface area contributed by atoms with E-state index < -0.39 is 34.4 Å². The van der Waals surface area contributed by atoms with Crippen molar-refractivity contribution in [2.75, 3.05) is 31.1 Å². The van der Waals surface area contributed by atoms with E-state index in [-0.39, 0.29) is 23.5 Å². The summed E-state index contributed by atoms with van der Waals surface area (Å²) in [5.74, 6) is -0.143. The number of carbonyl (C=O) groups excluding carboxylic acids is 2. The van der Waals surface area contributed by atoms with Gasteiger partial charge in [0, 0.05) is 31.1 Å². The Morgan fingerprint density at radius 1 is 0.864 bits per heavy atom. The van der Waals surface area contributed by atoms with Crippen LogP contribution in [0.1, 0.15) is 11.1 Å². The average molecular weight is 634 g/mol. The molecule has 0 bridgehead atoms. The van der Waals surface area contributed by atoms with Crippen LogP contribution in [-0.4, -0.2) is 58.0 Å². The van der Waals surface area contributed by atoms with E-state index in [0.717, 1.165) is 9.87 Å². The molecule has 0 saturated carbocycles. The van der Waals surface area contributed by atoms with E-state index >= 15 is 0 Å². The van der Waals surface area contributed by atoms with Gasteiger partial charge in [0.1, 0.15) is 25.8 Å². The zero-order chi connectivity index (χ0) is 31.1. The number of anilines is 1. The summed E-state index contributed by atoms with van der Waals surface area (Å²) in [5.41, 5.74) is 1.66. The smallest absolute Gasteiger partial charge is 0.264 e. The molecule has 2 amide bonds. The molecular formula is C33H32ClN3O6S. The molecule has 5 rings (SSSR count). The van der Waals surface area contributed by atoms with E-state index in [2.05, 4.69) is 5.32 Å². The summed E-state index contributed by atoms with van der Waals surface area (Å²) in [6.07, 6.45) is 0.201. The summed E-state index contributed by atoms with van der Waals surface area (Å²) in [5, 5.41) is 3.09. The Bertz CT molecular complexity index is 1720. The first-order valence-electron chi connectivity index (χ1n) is 14.0. The van der Waals surface area contributed by atoms with Crippen LogP contribution in [0.4, 0.5) is 5.69 Å². The second kappa shape index (κ2) is 13.8. The Morgan fingerprint density at radius 3 is 2.18 bits per heavy atom. The predicted octanol–water partition coefficient (Wildman–Crippen LogP) is 4.69. The molecular weight excluding hydrogens is 602 g/mol. The number of sulfonamides is 1. The van der Waals surface area contributed by atoms with Crippen LogP contribution in [0.3, 0.4) is 0 Å². The molecule has 0 aromatic heterocycles. The number of likely N-dealkylation sites (N-methyl/N-ethyl adjacent to an activating group) is 1. The highest BCUT2D eigenvalue weighted by Gasteiger charge is 2.35. The number of hydrogen-bond acceptors (Lipinski definition) is 6. The monoisotopic (exact) mass is 633 g/mol. The number of nitrogens with zero attached hydrogens (tertiary/aromatic N) is 2. The van der Waals surface area contributed by atoms with Gasteiger partial charge >= 0.3 is 0 Å². The molecule has 228 valence electrons. The van der Waals surface area contributed by atoms with Crippen molar-refractivity contribution < 1.29 is 27.5 Å². The lowest BCUT2D eigenvalue weighted by Gasteiger charge is -2.34. The minimum atomic E-state index is -4.24. The Balaban J connectivity index is 1.58. The van der Waals surface area contributed by atoms with Crippen LogP contribution < -0.4 is 19.1 Å². The number of rotatable bonds is 11. The van der Waals surface area contributed by atoms with Crippen molar-refractivity contribution in [2.24, 2.45) is 0 Å². The van der Waals surface area contributed by atoms with Gasteiger partial charge in [-0.05, 0) is 41.5 Å². The number of hydrogen-bond donors (Lipinski definition) is 1. The maximum Gasteiger partial charge on any atom is 0.264 e. The van der Waals surface area contributed by atoms with Gasteiger partial charge in [-0.25, -0.2) is 8.42 Å². The zero-order valence-corrected chi connectivity index (χ0v) is 25.6. The van der Waals surface area contributed by atoms with Gasteiger partial charge in [-0.1, -0.05) is 78.3 Å². The largest absolute Gasteiger partial charge is 0.486 e. The van der Waals surface area contributed by atoms with E-state index in [0.29, 0.717) is 35.3 Å². The number of benzene rings is 4. The molecule has 1 N–H and O–H groups in total. The van der Waals surface area contributed by atoms with Gasteiger partial charge in [-0.15, -0.1) is 0 Å². The van der Waals surface area contributed by atoms with Gasteiger partial charge in [-0.2, -0.15) is 0 Å². The first-order chi connectivity index (χ1) is 21.3. The van der Waals surface area contributed by atoms with Crippen LogP contribution in [0.25, 0.3) is 0 Å². The number of fused-ring (bicyclic) bond motifs is 1. The summed E-state index contributed by atoms with van der Waals surface area (Å²) >= 11 is 6.50. The predicted molar refractivity (Wildman–Crippen MR) is 168 cm³/mol. The summed E-state index contributed by atoms with van der Waals surface area (Å²) in [6.45, 7) is 0.0588. The lowest BCUT2D eigenvalue weighted by molar-refractivity contribution is -0.139. The van der Waals surface area contributed by atoms with Crippen molar-refractivity contribution in [1.29, 1.82) is 0 Å². The average Bonchev–Trinajstić information content (AvgIpc) is 3.06. The minimum Gasteiger partial charge on any atom is -0.486 e. The SMILES string of the molecule is CNC(=O)[C@H](Cc1ccccc1)N(Cc1ccccc1Cl)C(=O)CN(c1ccc2c(c1)OCCO2)S(=O)(=O)c1ccccc1. The molecule has 0 saturated heterocycles. The number of halogens is 1. The molecule has 0 aliphatic carbocycles. The maximum absolute atomic E-state index is 14.4. The van der Waals surface area contributed by atoms with Gasteiger partial charge in [-0.3, -0.25) is 13.9 Å². The summed E-state index contributed by atoms with van der Waals surface area (Å²) in [6, 6.07) is 28.0. The number of ether oxygens (including phenoxy) is 2. The highest BCUT2D eigenvalue weighted by molar-refractivity contribution is 7.92. The first-order valence-corrected chi connectivity index (χ1v) is 15.9. The van der Waals surface area contributed by atoms with Crippen LogP contribution in [0.2, 0.25) is 5.02 Å². The van der Waals surface area contributed by atoms with Crippen molar-refractivity contribution >= 4 is 39.1 Å². The van der Waals surface area contributed by atoms with Crippen LogP contribution in [0, 0.1) is 0 Å². The molecule has 1 atom stereocenters. The van der Waals surface area contributed by atoms with E-state index in [4.69, 9.17) is 21.1 Å². The van der Waals surface area contributed by atoms with Crippen molar-refractivity contribution in [3.8, 4) is 11.5 Å². The fourth-order valence-electron chi connectivity index (χ4n) is 4.97. The first kappa shape index (κ1) is 30.9. The number of amides is 2.